The van der Waals surface area contributed by atoms with Crippen molar-refractivity contribution >= 4 is 0 Å². The van der Waals surface area contributed by atoms with Gasteiger partial charge in [-0.25, -0.2) is 0 Å². The van der Waals surface area contributed by atoms with E-state index in [2.05, 4.69) is 4.90 Å². The van der Waals surface area contributed by atoms with Crippen LogP contribution in [-0.4, -0.2) is 36.2 Å². The molecule has 0 radical (unpaired) electrons. The molecule has 2 fully saturated rings. The van der Waals surface area contributed by atoms with Crippen LogP contribution in [-0.2, 0) is 6.54 Å². The SMILES string of the molecule is COc1ccc(CN2CC3CCCC(N)C3C2)c(O)c1. The van der Waals surface area contributed by atoms with Crippen LogP contribution in [0.15, 0.2) is 18.2 Å². The molecule has 1 saturated carbocycles. The Bertz CT molecular complexity index is 478. The standard InChI is InChI=1S/C16H24N2O2/c1-20-13-6-5-12(16(19)7-13)9-18-8-11-3-2-4-15(17)14(11)10-18/h5-7,11,14-15,19H,2-4,8-10,17H2,1H3. The molecule has 4 nitrogen and oxygen atoms in total. The van der Waals surface area contributed by atoms with E-state index in [1.54, 1.807) is 13.2 Å². The number of phenolic OH excluding ortho intramolecular Hbond substituents is 1. The molecule has 3 atom stereocenters. The fraction of sp³-hybridized carbons (Fsp3) is 0.625. The van der Waals surface area contributed by atoms with Gasteiger partial charge in [0.1, 0.15) is 11.5 Å². The lowest BCUT2D eigenvalue weighted by atomic mass is 9.78. The molecule has 20 heavy (non-hydrogen) atoms. The van der Waals surface area contributed by atoms with Crippen LogP contribution in [0.1, 0.15) is 24.8 Å². The summed E-state index contributed by atoms with van der Waals surface area (Å²) >= 11 is 0. The smallest absolute Gasteiger partial charge is 0.123 e. The van der Waals surface area contributed by atoms with Crippen molar-refractivity contribution in [2.75, 3.05) is 20.2 Å². The molecule has 3 N–H and O–H groups in total. The Hall–Kier alpha value is -1.26. The minimum Gasteiger partial charge on any atom is -0.507 e. The van der Waals surface area contributed by atoms with E-state index in [9.17, 15) is 5.11 Å². The summed E-state index contributed by atoms with van der Waals surface area (Å²) in [6.45, 7) is 2.98. The average molecular weight is 276 g/mol. The predicted molar refractivity (Wildman–Crippen MR) is 78.7 cm³/mol. The number of rotatable bonds is 3. The average Bonchev–Trinajstić information content (AvgIpc) is 2.85. The molecule has 1 aliphatic carbocycles. The number of fused-ring (bicyclic) bond motifs is 1. The first kappa shape index (κ1) is 13.7. The highest BCUT2D eigenvalue weighted by atomic mass is 16.5. The molecule has 0 bridgehead atoms. The molecule has 1 aromatic carbocycles. The fourth-order valence-electron chi connectivity index (χ4n) is 3.78. The van der Waals surface area contributed by atoms with Crippen LogP contribution in [0.3, 0.4) is 0 Å². The van der Waals surface area contributed by atoms with E-state index in [0.29, 0.717) is 23.5 Å². The number of nitrogens with zero attached hydrogens (tertiary/aromatic N) is 1. The molecular formula is C16H24N2O2. The number of hydrogen-bond donors (Lipinski definition) is 2. The van der Waals surface area contributed by atoms with Gasteiger partial charge in [-0.05, 0) is 30.7 Å². The van der Waals surface area contributed by atoms with Crippen molar-refractivity contribution in [2.24, 2.45) is 17.6 Å². The molecule has 0 aromatic heterocycles. The van der Waals surface area contributed by atoms with Crippen LogP contribution in [0.4, 0.5) is 0 Å². The zero-order valence-corrected chi connectivity index (χ0v) is 12.1. The third-order valence-electron chi connectivity index (χ3n) is 4.92. The van der Waals surface area contributed by atoms with Gasteiger partial charge in [-0.1, -0.05) is 12.5 Å². The monoisotopic (exact) mass is 276 g/mol. The number of aromatic hydroxyl groups is 1. The number of likely N-dealkylation sites (tertiary alicyclic amines) is 1. The summed E-state index contributed by atoms with van der Waals surface area (Å²) in [4.78, 5) is 2.43. The number of benzene rings is 1. The molecule has 1 aromatic rings. The van der Waals surface area contributed by atoms with Gasteiger partial charge in [0.05, 0.1) is 7.11 Å². The molecule has 110 valence electrons. The van der Waals surface area contributed by atoms with Gasteiger partial charge < -0.3 is 15.6 Å². The summed E-state index contributed by atoms with van der Waals surface area (Å²) in [5, 5.41) is 10.1. The van der Waals surface area contributed by atoms with Gasteiger partial charge in [0.25, 0.3) is 0 Å². The number of ether oxygens (including phenoxy) is 1. The Kier molecular flexibility index (Phi) is 3.85. The Balaban J connectivity index is 1.67. The summed E-state index contributed by atoms with van der Waals surface area (Å²) in [7, 11) is 1.61. The second-order valence-electron chi connectivity index (χ2n) is 6.21. The topological polar surface area (TPSA) is 58.7 Å². The van der Waals surface area contributed by atoms with Crippen LogP contribution in [0.25, 0.3) is 0 Å². The second-order valence-corrected chi connectivity index (χ2v) is 6.21. The maximum atomic E-state index is 10.1. The van der Waals surface area contributed by atoms with E-state index in [4.69, 9.17) is 10.5 Å². The molecule has 2 aliphatic rings. The Morgan fingerprint density at radius 2 is 2.20 bits per heavy atom. The fourth-order valence-corrected chi connectivity index (χ4v) is 3.78. The van der Waals surface area contributed by atoms with Crippen molar-refractivity contribution in [3.8, 4) is 11.5 Å². The molecule has 1 heterocycles. The van der Waals surface area contributed by atoms with Gasteiger partial charge in [0.2, 0.25) is 0 Å². The van der Waals surface area contributed by atoms with E-state index < -0.39 is 0 Å². The van der Waals surface area contributed by atoms with Crippen molar-refractivity contribution in [3.05, 3.63) is 23.8 Å². The zero-order chi connectivity index (χ0) is 14.1. The van der Waals surface area contributed by atoms with Crippen LogP contribution >= 0.6 is 0 Å². The first-order chi connectivity index (χ1) is 9.67. The van der Waals surface area contributed by atoms with Crippen molar-refractivity contribution in [1.82, 2.24) is 4.90 Å². The third kappa shape index (κ3) is 2.63. The Morgan fingerprint density at radius 1 is 1.35 bits per heavy atom. The number of methoxy groups -OCH3 is 1. The van der Waals surface area contributed by atoms with Crippen molar-refractivity contribution in [2.45, 2.75) is 31.8 Å². The first-order valence-electron chi connectivity index (χ1n) is 7.51. The van der Waals surface area contributed by atoms with E-state index in [0.717, 1.165) is 31.1 Å². The summed E-state index contributed by atoms with van der Waals surface area (Å²) < 4.78 is 5.12. The molecule has 3 rings (SSSR count). The van der Waals surface area contributed by atoms with Crippen molar-refractivity contribution < 1.29 is 9.84 Å². The zero-order valence-electron chi connectivity index (χ0n) is 12.1. The lowest BCUT2D eigenvalue weighted by molar-refractivity contribution is 0.259. The molecule has 1 aliphatic heterocycles. The van der Waals surface area contributed by atoms with E-state index in [-0.39, 0.29) is 0 Å². The molecule has 0 amide bonds. The quantitative estimate of drug-likeness (QED) is 0.886. The van der Waals surface area contributed by atoms with Crippen LogP contribution in [0, 0.1) is 11.8 Å². The summed E-state index contributed by atoms with van der Waals surface area (Å²) in [6, 6.07) is 5.91. The molecule has 1 saturated heterocycles. The highest BCUT2D eigenvalue weighted by Gasteiger charge is 2.38. The summed E-state index contributed by atoms with van der Waals surface area (Å²) in [5.74, 6) is 2.41. The van der Waals surface area contributed by atoms with Crippen LogP contribution < -0.4 is 10.5 Å². The van der Waals surface area contributed by atoms with E-state index >= 15 is 0 Å². The number of hydrogen-bond acceptors (Lipinski definition) is 4. The van der Waals surface area contributed by atoms with Crippen LogP contribution in [0.5, 0.6) is 11.5 Å². The van der Waals surface area contributed by atoms with Crippen molar-refractivity contribution in [3.63, 3.8) is 0 Å². The molecule has 3 unspecified atom stereocenters. The lowest BCUT2D eigenvalue weighted by Crippen LogP contribution is -2.38. The normalized spacial score (nSPS) is 30.2. The maximum absolute atomic E-state index is 10.1. The highest BCUT2D eigenvalue weighted by Crippen LogP contribution is 2.36. The Labute approximate surface area is 120 Å². The molecular weight excluding hydrogens is 252 g/mol. The first-order valence-corrected chi connectivity index (χ1v) is 7.51. The molecule has 0 spiro atoms. The summed E-state index contributed by atoms with van der Waals surface area (Å²) in [6.07, 6.45) is 3.75. The largest absolute Gasteiger partial charge is 0.507 e. The minimum atomic E-state index is 0.323. The number of nitrogens with two attached hydrogens (primary N) is 1. The van der Waals surface area contributed by atoms with Gasteiger partial charge >= 0.3 is 0 Å². The predicted octanol–water partition coefficient (Wildman–Crippen LogP) is 1.96. The highest BCUT2D eigenvalue weighted by molar-refractivity contribution is 5.39. The second kappa shape index (κ2) is 5.62. The van der Waals surface area contributed by atoms with E-state index in [1.165, 1.54) is 19.3 Å². The van der Waals surface area contributed by atoms with E-state index in [1.807, 2.05) is 12.1 Å². The van der Waals surface area contributed by atoms with Gasteiger partial charge in [0.15, 0.2) is 0 Å². The van der Waals surface area contributed by atoms with Gasteiger partial charge in [-0.2, -0.15) is 0 Å². The Morgan fingerprint density at radius 3 is 2.90 bits per heavy atom. The van der Waals surface area contributed by atoms with Gasteiger partial charge in [-0.3, -0.25) is 4.90 Å². The number of phenols is 1. The lowest BCUT2D eigenvalue weighted by Gasteiger charge is -2.29. The molecule has 4 heteroatoms. The minimum absolute atomic E-state index is 0.323. The van der Waals surface area contributed by atoms with Crippen LogP contribution in [0.2, 0.25) is 0 Å². The van der Waals surface area contributed by atoms with Crippen molar-refractivity contribution in [1.29, 1.82) is 0 Å². The summed E-state index contributed by atoms with van der Waals surface area (Å²) in [5.41, 5.74) is 7.22. The van der Waals surface area contributed by atoms with Gasteiger partial charge in [-0.15, -0.1) is 0 Å². The van der Waals surface area contributed by atoms with Gasteiger partial charge in [0, 0.05) is 37.3 Å². The third-order valence-corrected chi connectivity index (χ3v) is 4.92. The maximum Gasteiger partial charge on any atom is 0.123 e.